The van der Waals surface area contributed by atoms with Gasteiger partial charge in [-0.2, -0.15) is 0 Å². The summed E-state index contributed by atoms with van der Waals surface area (Å²) in [6, 6.07) is 5.40. The Labute approximate surface area is 114 Å². The number of ether oxygens (including phenoxy) is 1. The number of aromatic nitrogens is 1. The lowest BCUT2D eigenvalue weighted by Crippen LogP contribution is -2.26. The molecule has 1 heterocycles. The monoisotopic (exact) mass is 310 g/mol. The standard InChI is InChI=1S/C13H15BrN2O2/c1-13(2,3)18-12(17)16-7-6-8-10(16)5-4-9(15)11(8)14/h4-7H,15H2,1-3H3. The summed E-state index contributed by atoms with van der Waals surface area (Å²) < 4.78 is 7.61. The molecule has 5 heteroatoms. The van der Waals surface area contributed by atoms with E-state index in [1.807, 2.05) is 26.8 Å². The van der Waals surface area contributed by atoms with Gasteiger partial charge >= 0.3 is 6.09 Å². The van der Waals surface area contributed by atoms with Crippen LogP contribution in [0.3, 0.4) is 0 Å². The van der Waals surface area contributed by atoms with Crippen molar-refractivity contribution in [3.05, 3.63) is 28.9 Å². The SMILES string of the molecule is CC(C)(C)OC(=O)n1ccc2c(Br)c(N)ccc21. The molecule has 2 aromatic rings. The maximum Gasteiger partial charge on any atom is 0.418 e. The predicted octanol–water partition coefficient (Wildman–Crippen LogP) is 3.77. The van der Waals surface area contributed by atoms with Crippen LogP contribution in [0.1, 0.15) is 20.8 Å². The highest BCUT2D eigenvalue weighted by atomic mass is 79.9. The lowest BCUT2D eigenvalue weighted by molar-refractivity contribution is 0.0544. The topological polar surface area (TPSA) is 57.2 Å². The molecule has 2 rings (SSSR count). The number of hydrogen-bond acceptors (Lipinski definition) is 3. The third-order valence-electron chi connectivity index (χ3n) is 2.43. The number of carbonyl (C=O) groups is 1. The molecule has 0 aliphatic heterocycles. The van der Waals surface area contributed by atoms with Crippen molar-refractivity contribution in [1.82, 2.24) is 4.57 Å². The molecule has 0 amide bonds. The molecular formula is C13H15BrN2O2. The minimum atomic E-state index is -0.515. The average Bonchev–Trinajstić information content (AvgIpc) is 2.65. The first-order valence-corrected chi connectivity index (χ1v) is 6.37. The Morgan fingerprint density at radius 1 is 1.33 bits per heavy atom. The van der Waals surface area contributed by atoms with Crippen LogP contribution in [0, 0.1) is 0 Å². The number of hydrogen-bond donors (Lipinski definition) is 1. The molecule has 2 N–H and O–H groups in total. The highest BCUT2D eigenvalue weighted by Gasteiger charge is 2.19. The fourth-order valence-electron chi connectivity index (χ4n) is 1.67. The van der Waals surface area contributed by atoms with Crippen molar-refractivity contribution in [2.75, 3.05) is 5.73 Å². The Balaban J connectivity index is 2.48. The average molecular weight is 311 g/mol. The van der Waals surface area contributed by atoms with Gasteiger partial charge in [0.2, 0.25) is 0 Å². The van der Waals surface area contributed by atoms with Gasteiger partial charge in [-0.25, -0.2) is 4.79 Å². The van der Waals surface area contributed by atoms with E-state index in [4.69, 9.17) is 10.5 Å². The summed E-state index contributed by atoms with van der Waals surface area (Å²) in [6.45, 7) is 5.51. The van der Waals surface area contributed by atoms with Gasteiger partial charge in [0.05, 0.1) is 5.52 Å². The summed E-state index contributed by atoms with van der Waals surface area (Å²) in [5, 5.41) is 0.890. The van der Waals surface area contributed by atoms with Crippen molar-refractivity contribution in [3.63, 3.8) is 0 Å². The van der Waals surface area contributed by atoms with Crippen LogP contribution in [0.4, 0.5) is 10.5 Å². The highest BCUT2D eigenvalue weighted by Crippen LogP contribution is 2.30. The molecule has 18 heavy (non-hydrogen) atoms. The second-order valence-electron chi connectivity index (χ2n) is 5.07. The number of nitrogens with zero attached hydrogens (tertiary/aromatic N) is 1. The number of carbonyl (C=O) groups excluding carboxylic acids is 1. The van der Waals surface area contributed by atoms with Crippen molar-refractivity contribution < 1.29 is 9.53 Å². The second-order valence-corrected chi connectivity index (χ2v) is 5.86. The lowest BCUT2D eigenvalue weighted by atomic mass is 10.2. The maximum atomic E-state index is 12.0. The van der Waals surface area contributed by atoms with Gasteiger partial charge in [0.25, 0.3) is 0 Å². The quantitative estimate of drug-likeness (QED) is 0.754. The van der Waals surface area contributed by atoms with Crippen molar-refractivity contribution in [3.8, 4) is 0 Å². The molecule has 96 valence electrons. The van der Waals surface area contributed by atoms with E-state index in [-0.39, 0.29) is 0 Å². The van der Waals surface area contributed by atoms with Gasteiger partial charge in [0, 0.05) is 21.7 Å². The molecular weight excluding hydrogens is 296 g/mol. The molecule has 0 saturated heterocycles. The van der Waals surface area contributed by atoms with E-state index >= 15 is 0 Å². The zero-order chi connectivity index (χ0) is 13.5. The molecule has 0 radical (unpaired) electrons. The largest absolute Gasteiger partial charge is 0.443 e. The van der Waals surface area contributed by atoms with Gasteiger partial charge in [0.1, 0.15) is 5.60 Å². The van der Waals surface area contributed by atoms with Gasteiger partial charge in [-0.3, -0.25) is 4.57 Å². The molecule has 1 aromatic heterocycles. The van der Waals surface area contributed by atoms with Crippen LogP contribution in [0.25, 0.3) is 10.9 Å². The minimum absolute atomic E-state index is 0.394. The van der Waals surface area contributed by atoms with E-state index in [1.54, 1.807) is 18.3 Å². The predicted molar refractivity (Wildman–Crippen MR) is 75.7 cm³/mol. The molecule has 0 unspecified atom stereocenters. The van der Waals surface area contributed by atoms with E-state index in [0.29, 0.717) is 5.69 Å². The molecule has 0 spiro atoms. The van der Waals surface area contributed by atoms with Crippen LogP contribution < -0.4 is 5.73 Å². The smallest absolute Gasteiger partial charge is 0.418 e. The van der Waals surface area contributed by atoms with E-state index in [0.717, 1.165) is 15.4 Å². The molecule has 0 saturated carbocycles. The van der Waals surface area contributed by atoms with Crippen molar-refractivity contribution in [2.24, 2.45) is 0 Å². The Bertz CT molecular complexity index is 611. The summed E-state index contributed by atoms with van der Waals surface area (Å²) in [6.07, 6.45) is 1.29. The van der Waals surface area contributed by atoms with Crippen LogP contribution in [0.5, 0.6) is 0 Å². The number of halogens is 1. The third kappa shape index (κ3) is 2.36. The Morgan fingerprint density at radius 3 is 2.61 bits per heavy atom. The number of nitrogens with two attached hydrogens (primary N) is 1. The summed E-state index contributed by atoms with van der Waals surface area (Å²) in [5.74, 6) is 0. The van der Waals surface area contributed by atoms with Crippen LogP contribution in [-0.4, -0.2) is 16.3 Å². The lowest BCUT2D eigenvalue weighted by Gasteiger charge is -2.19. The van der Waals surface area contributed by atoms with E-state index < -0.39 is 11.7 Å². The molecule has 0 aliphatic rings. The van der Waals surface area contributed by atoms with Crippen molar-refractivity contribution in [1.29, 1.82) is 0 Å². The molecule has 0 atom stereocenters. The fraction of sp³-hybridized carbons (Fsp3) is 0.308. The van der Waals surface area contributed by atoms with E-state index in [2.05, 4.69) is 15.9 Å². The van der Waals surface area contributed by atoms with Gasteiger partial charge in [-0.1, -0.05) is 0 Å². The molecule has 0 aliphatic carbocycles. The van der Waals surface area contributed by atoms with Crippen LogP contribution in [0.2, 0.25) is 0 Å². The fourth-order valence-corrected chi connectivity index (χ4v) is 2.14. The van der Waals surface area contributed by atoms with Crippen LogP contribution in [0.15, 0.2) is 28.9 Å². The van der Waals surface area contributed by atoms with E-state index in [1.165, 1.54) is 4.57 Å². The Kier molecular flexibility index (Phi) is 3.11. The molecule has 4 nitrogen and oxygen atoms in total. The summed E-state index contributed by atoms with van der Waals surface area (Å²) >= 11 is 3.41. The van der Waals surface area contributed by atoms with Gasteiger partial charge in [-0.15, -0.1) is 0 Å². The number of benzene rings is 1. The summed E-state index contributed by atoms with van der Waals surface area (Å²) in [7, 11) is 0. The minimum Gasteiger partial charge on any atom is -0.443 e. The second kappa shape index (κ2) is 4.31. The van der Waals surface area contributed by atoms with Gasteiger partial charge < -0.3 is 10.5 Å². The first-order chi connectivity index (χ1) is 8.29. The van der Waals surface area contributed by atoms with Gasteiger partial charge in [0.15, 0.2) is 0 Å². The van der Waals surface area contributed by atoms with Gasteiger partial charge in [-0.05, 0) is 54.9 Å². The molecule has 0 bridgehead atoms. The van der Waals surface area contributed by atoms with Crippen molar-refractivity contribution >= 4 is 38.6 Å². The zero-order valence-corrected chi connectivity index (χ0v) is 12.1. The molecule has 1 aromatic carbocycles. The summed E-state index contributed by atoms with van der Waals surface area (Å²) in [4.78, 5) is 12.0. The van der Waals surface area contributed by atoms with Crippen molar-refractivity contribution in [2.45, 2.75) is 26.4 Å². The number of rotatable bonds is 0. The maximum absolute atomic E-state index is 12.0. The number of fused-ring (bicyclic) bond motifs is 1. The zero-order valence-electron chi connectivity index (χ0n) is 10.5. The Hall–Kier alpha value is -1.49. The number of anilines is 1. The first kappa shape index (κ1) is 13.0. The Morgan fingerprint density at radius 2 is 2.00 bits per heavy atom. The number of nitrogen functional groups attached to an aromatic ring is 1. The van der Waals surface area contributed by atoms with Crippen LogP contribution >= 0.6 is 15.9 Å². The third-order valence-corrected chi connectivity index (χ3v) is 3.31. The van der Waals surface area contributed by atoms with E-state index in [9.17, 15) is 4.79 Å². The first-order valence-electron chi connectivity index (χ1n) is 5.58. The molecule has 0 fully saturated rings. The van der Waals surface area contributed by atoms with Crippen LogP contribution in [-0.2, 0) is 4.74 Å². The summed E-state index contributed by atoms with van der Waals surface area (Å²) in [5.41, 5.74) is 6.70. The normalized spacial score (nSPS) is 11.8. The highest BCUT2D eigenvalue weighted by molar-refractivity contribution is 9.10.